The Morgan fingerprint density at radius 1 is 1.16 bits per heavy atom. The average Bonchev–Trinajstić information content (AvgIpc) is 2.85. The fourth-order valence-electron chi connectivity index (χ4n) is 2.10. The number of fused-ring (bicyclic) bond motifs is 1. The summed E-state index contributed by atoms with van der Waals surface area (Å²) in [6, 6.07) is 7.95. The van der Waals surface area contributed by atoms with Gasteiger partial charge in [0.1, 0.15) is 6.33 Å². The Hall–Kier alpha value is -2.50. The van der Waals surface area contributed by atoms with Gasteiger partial charge in [-0.15, -0.1) is 10.2 Å². The highest BCUT2D eigenvalue weighted by Gasteiger charge is 2.12. The molecule has 19 heavy (non-hydrogen) atoms. The van der Waals surface area contributed by atoms with Gasteiger partial charge in [0.15, 0.2) is 5.82 Å². The molecule has 1 N–H and O–H groups in total. The van der Waals surface area contributed by atoms with Crippen molar-refractivity contribution in [1.29, 1.82) is 0 Å². The van der Waals surface area contributed by atoms with Crippen LogP contribution in [0.1, 0.15) is 18.8 Å². The summed E-state index contributed by atoms with van der Waals surface area (Å²) in [6.07, 6.45) is 3.42. The van der Waals surface area contributed by atoms with Gasteiger partial charge in [0.2, 0.25) is 0 Å². The minimum absolute atomic E-state index is 0.0418. The van der Waals surface area contributed by atoms with Crippen molar-refractivity contribution in [1.82, 2.24) is 25.0 Å². The normalized spacial score (nSPS) is 12.5. The van der Waals surface area contributed by atoms with Gasteiger partial charge in [-0.05, 0) is 13.0 Å². The van der Waals surface area contributed by atoms with E-state index in [1.165, 1.54) is 0 Å². The zero-order valence-corrected chi connectivity index (χ0v) is 10.8. The van der Waals surface area contributed by atoms with Crippen LogP contribution in [0, 0.1) is 0 Å². The largest absolute Gasteiger partial charge is 0.373 e. The predicted octanol–water partition coefficient (Wildman–Crippen LogP) is 1.93. The number of aryl methyl sites for hydroxylation is 1. The van der Waals surface area contributed by atoms with Crippen molar-refractivity contribution in [2.24, 2.45) is 7.05 Å². The minimum Gasteiger partial charge on any atom is -0.373 e. The smallest absolute Gasteiger partial charge is 0.154 e. The van der Waals surface area contributed by atoms with Crippen molar-refractivity contribution >= 4 is 16.6 Å². The molecular formula is C13H14N6. The molecule has 3 aromatic rings. The van der Waals surface area contributed by atoms with Crippen LogP contribution in [-0.2, 0) is 7.05 Å². The van der Waals surface area contributed by atoms with Gasteiger partial charge in [0, 0.05) is 12.4 Å². The lowest BCUT2D eigenvalue weighted by molar-refractivity contribution is 0.719. The van der Waals surface area contributed by atoms with Gasteiger partial charge >= 0.3 is 0 Å². The van der Waals surface area contributed by atoms with Gasteiger partial charge in [-0.1, -0.05) is 18.2 Å². The highest BCUT2D eigenvalue weighted by Crippen LogP contribution is 2.23. The quantitative estimate of drug-likeness (QED) is 0.773. The lowest BCUT2D eigenvalue weighted by Gasteiger charge is -2.15. The molecule has 0 bridgehead atoms. The van der Waals surface area contributed by atoms with Crippen LogP contribution in [0.2, 0.25) is 0 Å². The minimum atomic E-state index is 0.0418. The molecule has 6 heteroatoms. The first-order valence-corrected chi connectivity index (χ1v) is 6.06. The molecule has 2 aromatic heterocycles. The zero-order valence-electron chi connectivity index (χ0n) is 10.8. The summed E-state index contributed by atoms with van der Waals surface area (Å²) in [5, 5.41) is 20.6. The second-order valence-electron chi connectivity index (χ2n) is 4.44. The number of nitrogens with zero attached hydrogens (tertiary/aromatic N) is 5. The Balaban J connectivity index is 1.96. The Morgan fingerprint density at radius 3 is 2.79 bits per heavy atom. The van der Waals surface area contributed by atoms with Crippen molar-refractivity contribution in [3.8, 4) is 0 Å². The van der Waals surface area contributed by atoms with Crippen LogP contribution in [0.15, 0.2) is 36.8 Å². The molecule has 1 aromatic carbocycles. The predicted molar refractivity (Wildman–Crippen MR) is 72.6 cm³/mol. The molecular weight excluding hydrogens is 240 g/mol. The molecule has 0 saturated carbocycles. The third-order valence-electron chi connectivity index (χ3n) is 3.05. The van der Waals surface area contributed by atoms with E-state index < -0.39 is 0 Å². The lowest BCUT2D eigenvalue weighted by atomic mass is 10.2. The van der Waals surface area contributed by atoms with Crippen molar-refractivity contribution in [2.45, 2.75) is 13.0 Å². The first kappa shape index (κ1) is 11.6. The summed E-state index contributed by atoms with van der Waals surface area (Å²) in [5.41, 5.74) is 1.82. The first-order valence-electron chi connectivity index (χ1n) is 6.06. The summed E-state index contributed by atoms with van der Waals surface area (Å²) in [7, 11) is 1.93. The van der Waals surface area contributed by atoms with E-state index in [4.69, 9.17) is 0 Å². The topological polar surface area (TPSA) is 68.5 Å². The molecule has 0 fully saturated rings. The highest BCUT2D eigenvalue weighted by atomic mass is 15.3. The Labute approximate surface area is 110 Å². The van der Waals surface area contributed by atoms with E-state index in [0.717, 1.165) is 22.4 Å². The van der Waals surface area contributed by atoms with E-state index in [1.807, 2.05) is 42.8 Å². The molecule has 0 saturated heterocycles. The summed E-state index contributed by atoms with van der Waals surface area (Å²) in [4.78, 5) is 0. The van der Waals surface area contributed by atoms with Gasteiger partial charge in [0.05, 0.1) is 23.4 Å². The van der Waals surface area contributed by atoms with Crippen LogP contribution in [0.4, 0.5) is 5.69 Å². The van der Waals surface area contributed by atoms with Crippen molar-refractivity contribution in [3.63, 3.8) is 0 Å². The molecule has 1 unspecified atom stereocenters. The lowest BCUT2D eigenvalue weighted by Crippen LogP contribution is -2.12. The van der Waals surface area contributed by atoms with Crippen molar-refractivity contribution < 1.29 is 0 Å². The highest BCUT2D eigenvalue weighted by molar-refractivity contribution is 5.90. The maximum Gasteiger partial charge on any atom is 0.154 e. The summed E-state index contributed by atoms with van der Waals surface area (Å²) in [6.45, 7) is 2.04. The zero-order chi connectivity index (χ0) is 13.2. The monoisotopic (exact) mass is 254 g/mol. The van der Waals surface area contributed by atoms with Crippen LogP contribution >= 0.6 is 0 Å². The standard InChI is InChI=1S/C13H14N6/c1-9(13-18-15-8-19(13)2)16-12-7-14-17-11-6-4-3-5-10(11)12/h3-9H,1-2H3,(H,16,17). The van der Waals surface area contributed by atoms with Gasteiger partial charge in [0.25, 0.3) is 0 Å². The van der Waals surface area contributed by atoms with Crippen molar-refractivity contribution in [3.05, 3.63) is 42.6 Å². The average molecular weight is 254 g/mol. The fourth-order valence-corrected chi connectivity index (χ4v) is 2.10. The maximum atomic E-state index is 4.11. The number of hydrogen-bond acceptors (Lipinski definition) is 5. The third-order valence-corrected chi connectivity index (χ3v) is 3.05. The fraction of sp³-hybridized carbons (Fsp3) is 0.231. The number of anilines is 1. The molecule has 2 heterocycles. The van der Waals surface area contributed by atoms with E-state index in [0.29, 0.717) is 0 Å². The van der Waals surface area contributed by atoms with Crippen LogP contribution in [0.5, 0.6) is 0 Å². The third kappa shape index (κ3) is 2.12. The SMILES string of the molecule is CC(Nc1cnnc2ccccc12)c1nncn1C. The van der Waals surface area contributed by atoms with Gasteiger partial charge in [-0.3, -0.25) is 0 Å². The molecule has 1 atom stereocenters. The number of aromatic nitrogens is 5. The van der Waals surface area contributed by atoms with Crippen molar-refractivity contribution in [2.75, 3.05) is 5.32 Å². The van der Waals surface area contributed by atoms with Crippen LogP contribution < -0.4 is 5.32 Å². The molecule has 0 amide bonds. The number of rotatable bonds is 3. The van der Waals surface area contributed by atoms with E-state index in [-0.39, 0.29) is 6.04 Å². The number of hydrogen-bond donors (Lipinski definition) is 1. The Bertz CT molecular complexity index is 700. The van der Waals surface area contributed by atoms with E-state index in [2.05, 4.69) is 25.7 Å². The van der Waals surface area contributed by atoms with E-state index >= 15 is 0 Å². The summed E-state index contributed by atoms with van der Waals surface area (Å²) < 4.78 is 1.90. The molecule has 96 valence electrons. The molecule has 0 spiro atoms. The molecule has 3 rings (SSSR count). The van der Waals surface area contributed by atoms with Crippen LogP contribution in [0.25, 0.3) is 10.9 Å². The Morgan fingerprint density at radius 2 is 2.00 bits per heavy atom. The molecule has 6 nitrogen and oxygen atoms in total. The molecule has 0 aliphatic heterocycles. The van der Waals surface area contributed by atoms with Gasteiger partial charge in [-0.25, -0.2) is 0 Å². The van der Waals surface area contributed by atoms with Gasteiger partial charge in [-0.2, -0.15) is 10.2 Å². The first-order chi connectivity index (χ1) is 9.25. The number of benzene rings is 1. The Kier molecular flexibility index (Phi) is 2.83. The van der Waals surface area contributed by atoms with Crippen LogP contribution in [0.3, 0.4) is 0 Å². The van der Waals surface area contributed by atoms with E-state index in [9.17, 15) is 0 Å². The van der Waals surface area contributed by atoms with Gasteiger partial charge < -0.3 is 9.88 Å². The second-order valence-corrected chi connectivity index (χ2v) is 4.44. The number of nitrogens with one attached hydrogen (secondary N) is 1. The summed E-state index contributed by atoms with van der Waals surface area (Å²) >= 11 is 0. The van der Waals surface area contributed by atoms with E-state index in [1.54, 1.807) is 12.5 Å². The second kappa shape index (κ2) is 4.64. The summed E-state index contributed by atoms with van der Waals surface area (Å²) in [5.74, 6) is 0.876. The molecule has 0 radical (unpaired) electrons. The molecule has 0 aliphatic rings. The molecule has 0 aliphatic carbocycles. The van der Waals surface area contributed by atoms with Crippen LogP contribution in [-0.4, -0.2) is 25.0 Å². The maximum absolute atomic E-state index is 4.11.